The van der Waals surface area contributed by atoms with E-state index >= 15 is 0 Å². The Morgan fingerprint density at radius 2 is 1.85 bits per heavy atom. The summed E-state index contributed by atoms with van der Waals surface area (Å²) in [4.78, 5) is 34.3. The lowest BCUT2D eigenvalue weighted by Gasteiger charge is -2.20. The summed E-state index contributed by atoms with van der Waals surface area (Å²) in [5.41, 5.74) is 6.10. The van der Waals surface area contributed by atoms with Gasteiger partial charge in [0.15, 0.2) is 17.2 Å². The largest absolute Gasteiger partial charge is 0.325 e. The molecule has 0 radical (unpaired) electrons. The lowest BCUT2D eigenvalue weighted by molar-refractivity contribution is -0.117. The Labute approximate surface area is 234 Å². The number of amides is 1. The number of halogens is 1. The van der Waals surface area contributed by atoms with E-state index in [1.165, 1.54) is 25.3 Å². The van der Waals surface area contributed by atoms with Gasteiger partial charge < -0.3 is 10.3 Å². The molecule has 0 unspecified atom stereocenters. The van der Waals surface area contributed by atoms with Crippen LogP contribution in [0.15, 0.2) is 67.1 Å². The van der Waals surface area contributed by atoms with E-state index in [-0.39, 0.29) is 11.7 Å². The predicted octanol–water partition coefficient (Wildman–Crippen LogP) is 6.67. The molecule has 0 aliphatic heterocycles. The summed E-state index contributed by atoms with van der Waals surface area (Å²) >= 11 is 0. The number of rotatable bonds is 6. The van der Waals surface area contributed by atoms with Crippen molar-refractivity contribution in [1.29, 1.82) is 0 Å². The SMILES string of the molecule is O=C(CC1CCCCC1)Nc1cncc(-c2ccc3[nH]nc(-c4nc5c(-c6ccccc6F)ccnc5[nH]4)c3n2)c1. The van der Waals surface area contributed by atoms with Gasteiger partial charge in [-0.15, -0.1) is 0 Å². The number of hydrogen-bond donors (Lipinski definition) is 3. The molecule has 1 aliphatic rings. The van der Waals surface area contributed by atoms with Crippen LogP contribution in [0.5, 0.6) is 0 Å². The van der Waals surface area contributed by atoms with Crippen LogP contribution in [0.4, 0.5) is 10.1 Å². The average molecular weight is 547 g/mol. The second-order valence-corrected chi connectivity index (χ2v) is 10.5. The highest BCUT2D eigenvalue weighted by atomic mass is 19.1. The van der Waals surface area contributed by atoms with Crippen LogP contribution in [0.2, 0.25) is 0 Å². The third kappa shape index (κ3) is 4.93. The highest BCUT2D eigenvalue weighted by Crippen LogP contribution is 2.32. The van der Waals surface area contributed by atoms with Gasteiger partial charge in [-0.05, 0) is 49.1 Å². The number of nitrogens with zero attached hydrogens (tertiary/aromatic N) is 5. The Balaban J connectivity index is 1.20. The molecule has 5 aromatic heterocycles. The number of benzene rings is 1. The van der Waals surface area contributed by atoms with Crippen LogP contribution in [-0.4, -0.2) is 41.0 Å². The number of hydrogen-bond acceptors (Lipinski definition) is 6. The van der Waals surface area contributed by atoms with Crippen LogP contribution in [-0.2, 0) is 4.79 Å². The van der Waals surface area contributed by atoms with E-state index in [4.69, 9.17) is 9.97 Å². The molecule has 5 heterocycles. The normalized spacial score (nSPS) is 14.1. The number of aromatic amines is 2. The van der Waals surface area contributed by atoms with Gasteiger partial charge in [-0.2, -0.15) is 5.10 Å². The fourth-order valence-corrected chi connectivity index (χ4v) is 5.66. The lowest BCUT2D eigenvalue weighted by Crippen LogP contribution is -2.18. The summed E-state index contributed by atoms with van der Waals surface area (Å²) in [5, 5.41) is 10.5. The first-order valence-corrected chi connectivity index (χ1v) is 13.8. The van der Waals surface area contributed by atoms with Crippen LogP contribution in [0.1, 0.15) is 38.5 Å². The Kier molecular flexibility index (Phi) is 6.42. The van der Waals surface area contributed by atoms with Gasteiger partial charge in [0, 0.05) is 35.5 Å². The Hall–Kier alpha value is -4.99. The smallest absolute Gasteiger partial charge is 0.224 e. The summed E-state index contributed by atoms with van der Waals surface area (Å²) in [6.07, 6.45) is 11.4. The van der Waals surface area contributed by atoms with Gasteiger partial charge in [-0.25, -0.2) is 19.3 Å². The van der Waals surface area contributed by atoms with Gasteiger partial charge in [0.2, 0.25) is 5.91 Å². The van der Waals surface area contributed by atoms with E-state index < -0.39 is 0 Å². The monoisotopic (exact) mass is 546 g/mol. The molecule has 10 heteroatoms. The molecule has 9 nitrogen and oxygen atoms in total. The van der Waals surface area contributed by atoms with Crippen LogP contribution in [0.25, 0.3) is 56.1 Å². The van der Waals surface area contributed by atoms with E-state index in [9.17, 15) is 9.18 Å². The zero-order valence-corrected chi connectivity index (χ0v) is 22.2. The minimum Gasteiger partial charge on any atom is -0.325 e. The number of imidazole rings is 1. The molecule has 41 heavy (non-hydrogen) atoms. The second-order valence-electron chi connectivity index (χ2n) is 10.5. The average Bonchev–Trinajstić information content (AvgIpc) is 3.62. The number of carbonyl (C=O) groups excluding carboxylic acids is 1. The van der Waals surface area contributed by atoms with E-state index in [1.807, 2.05) is 18.2 Å². The van der Waals surface area contributed by atoms with E-state index in [2.05, 4.69) is 30.5 Å². The first-order valence-electron chi connectivity index (χ1n) is 13.8. The molecule has 0 saturated heterocycles. The standard InChI is InChI=1S/C31H27FN8O/c32-23-9-5-4-8-21(23)22-12-13-34-30-27(22)37-31(38-30)29-28-25(39-40-29)11-10-24(36-28)19-15-20(17-33-16-19)35-26(41)14-18-6-2-1-3-7-18/h4-5,8-13,15-18H,1-3,6-7,14H2,(H,35,41)(H,39,40)(H,34,37,38). The van der Waals surface area contributed by atoms with E-state index in [0.717, 1.165) is 23.9 Å². The molecule has 7 rings (SSSR count). The maximum atomic E-state index is 14.6. The minimum atomic E-state index is -0.331. The highest BCUT2D eigenvalue weighted by molar-refractivity contribution is 5.95. The molecule has 0 spiro atoms. The summed E-state index contributed by atoms with van der Waals surface area (Å²) < 4.78 is 14.6. The van der Waals surface area contributed by atoms with Gasteiger partial charge in [0.25, 0.3) is 0 Å². The van der Waals surface area contributed by atoms with Crippen LogP contribution >= 0.6 is 0 Å². The maximum Gasteiger partial charge on any atom is 0.224 e. The summed E-state index contributed by atoms with van der Waals surface area (Å²) in [6, 6.07) is 14.0. The predicted molar refractivity (Wildman–Crippen MR) is 155 cm³/mol. The quantitative estimate of drug-likeness (QED) is 0.214. The van der Waals surface area contributed by atoms with E-state index in [1.54, 1.807) is 42.9 Å². The number of pyridine rings is 3. The van der Waals surface area contributed by atoms with Crippen LogP contribution in [0.3, 0.4) is 0 Å². The molecular weight excluding hydrogens is 519 g/mol. The molecule has 1 aromatic carbocycles. The third-order valence-corrected chi connectivity index (χ3v) is 7.70. The van der Waals surface area contributed by atoms with E-state index in [0.29, 0.717) is 63.0 Å². The van der Waals surface area contributed by atoms with Gasteiger partial charge in [-0.3, -0.25) is 14.9 Å². The lowest BCUT2D eigenvalue weighted by atomic mass is 9.87. The van der Waals surface area contributed by atoms with Gasteiger partial charge in [-0.1, -0.05) is 37.5 Å². The number of nitrogens with one attached hydrogen (secondary N) is 3. The maximum absolute atomic E-state index is 14.6. The van der Waals surface area contributed by atoms with Crippen molar-refractivity contribution in [1.82, 2.24) is 35.1 Å². The molecule has 1 saturated carbocycles. The molecule has 6 aromatic rings. The molecule has 3 N–H and O–H groups in total. The number of carbonyl (C=O) groups is 1. The number of anilines is 1. The molecule has 1 aliphatic carbocycles. The third-order valence-electron chi connectivity index (χ3n) is 7.70. The number of H-pyrrole nitrogens is 2. The summed E-state index contributed by atoms with van der Waals surface area (Å²) in [5.74, 6) is 0.612. The number of aromatic nitrogens is 7. The van der Waals surface area contributed by atoms with Gasteiger partial charge in [0.05, 0.1) is 23.1 Å². The van der Waals surface area contributed by atoms with Crippen molar-refractivity contribution in [3.63, 3.8) is 0 Å². The minimum absolute atomic E-state index is 0.0182. The zero-order valence-electron chi connectivity index (χ0n) is 22.2. The Bertz CT molecular complexity index is 1890. The van der Waals surface area contributed by atoms with Crippen molar-refractivity contribution in [2.45, 2.75) is 38.5 Å². The van der Waals surface area contributed by atoms with Crippen molar-refractivity contribution >= 4 is 33.8 Å². The topological polar surface area (TPSA) is 125 Å². The van der Waals surface area contributed by atoms with Crippen LogP contribution < -0.4 is 5.32 Å². The second kappa shape index (κ2) is 10.5. The first kappa shape index (κ1) is 25.0. The number of fused-ring (bicyclic) bond motifs is 2. The van der Waals surface area contributed by atoms with Crippen LogP contribution in [0, 0.1) is 11.7 Å². The van der Waals surface area contributed by atoms with Gasteiger partial charge >= 0.3 is 0 Å². The Morgan fingerprint density at radius 1 is 0.976 bits per heavy atom. The summed E-state index contributed by atoms with van der Waals surface area (Å²) in [6.45, 7) is 0. The fourth-order valence-electron chi connectivity index (χ4n) is 5.66. The fraction of sp³-hybridized carbons (Fsp3) is 0.226. The van der Waals surface area contributed by atoms with Crippen molar-refractivity contribution in [2.24, 2.45) is 5.92 Å². The molecule has 1 amide bonds. The first-order chi connectivity index (χ1) is 20.1. The molecule has 1 fully saturated rings. The molecule has 0 atom stereocenters. The van der Waals surface area contributed by atoms with Crippen molar-refractivity contribution < 1.29 is 9.18 Å². The Morgan fingerprint density at radius 3 is 2.73 bits per heavy atom. The molecule has 0 bridgehead atoms. The van der Waals surface area contributed by atoms with Crippen molar-refractivity contribution in [3.8, 4) is 33.9 Å². The highest BCUT2D eigenvalue weighted by Gasteiger charge is 2.20. The summed E-state index contributed by atoms with van der Waals surface area (Å²) in [7, 11) is 0. The zero-order chi connectivity index (χ0) is 27.8. The molecular formula is C31H27FN8O. The van der Waals surface area contributed by atoms with Crippen molar-refractivity contribution in [2.75, 3.05) is 5.32 Å². The van der Waals surface area contributed by atoms with Crippen molar-refractivity contribution in [3.05, 3.63) is 72.9 Å². The van der Waals surface area contributed by atoms with Gasteiger partial charge in [0.1, 0.15) is 16.9 Å². The molecule has 204 valence electrons.